The molecule has 5 nitrogen and oxygen atoms in total. The molecule has 1 rings (SSSR count). The molecule has 1 atom stereocenters. The SMILES string of the molecule is CC(C)C(N)CNS(=O)(=O)c1cccnc1. The Morgan fingerprint density at radius 3 is 2.69 bits per heavy atom. The third-order valence-electron chi connectivity index (χ3n) is 2.31. The van der Waals surface area contributed by atoms with Crippen LogP contribution in [0.2, 0.25) is 0 Å². The van der Waals surface area contributed by atoms with E-state index in [1.807, 2.05) is 13.8 Å². The van der Waals surface area contributed by atoms with Gasteiger partial charge >= 0.3 is 0 Å². The summed E-state index contributed by atoms with van der Waals surface area (Å²) in [6, 6.07) is 2.89. The van der Waals surface area contributed by atoms with Crippen molar-refractivity contribution in [2.24, 2.45) is 11.7 Å². The third kappa shape index (κ3) is 3.55. The number of pyridine rings is 1. The number of rotatable bonds is 5. The van der Waals surface area contributed by atoms with Gasteiger partial charge in [-0.1, -0.05) is 13.8 Å². The molecule has 16 heavy (non-hydrogen) atoms. The molecule has 1 unspecified atom stereocenters. The highest BCUT2D eigenvalue weighted by Crippen LogP contribution is 2.06. The second-order valence-electron chi connectivity index (χ2n) is 3.95. The van der Waals surface area contributed by atoms with E-state index in [2.05, 4.69) is 9.71 Å². The average molecular weight is 243 g/mol. The highest BCUT2D eigenvalue weighted by molar-refractivity contribution is 7.89. The van der Waals surface area contributed by atoms with Gasteiger partial charge in [-0.2, -0.15) is 0 Å². The van der Waals surface area contributed by atoms with Crippen LogP contribution >= 0.6 is 0 Å². The predicted octanol–water partition coefficient (Wildman–Crippen LogP) is 0.343. The molecule has 0 fully saturated rings. The standard InChI is InChI=1S/C10H17N3O2S/c1-8(2)10(11)7-13-16(14,15)9-4-3-5-12-6-9/h3-6,8,10,13H,7,11H2,1-2H3. The van der Waals surface area contributed by atoms with Gasteiger partial charge < -0.3 is 5.73 Å². The second kappa shape index (κ2) is 5.38. The molecule has 0 aliphatic rings. The molecule has 0 aliphatic carbocycles. The van der Waals surface area contributed by atoms with Crippen molar-refractivity contribution in [1.29, 1.82) is 0 Å². The first-order valence-corrected chi connectivity index (χ1v) is 6.57. The van der Waals surface area contributed by atoms with Crippen molar-refractivity contribution in [3.8, 4) is 0 Å². The van der Waals surface area contributed by atoms with E-state index in [0.29, 0.717) is 0 Å². The molecular weight excluding hydrogens is 226 g/mol. The summed E-state index contributed by atoms with van der Waals surface area (Å²) in [6.45, 7) is 4.13. The minimum absolute atomic E-state index is 0.158. The van der Waals surface area contributed by atoms with Crippen LogP contribution in [0.3, 0.4) is 0 Å². The lowest BCUT2D eigenvalue weighted by Gasteiger charge is -2.16. The van der Waals surface area contributed by atoms with Gasteiger partial charge in [-0.3, -0.25) is 4.98 Å². The first-order valence-electron chi connectivity index (χ1n) is 5.09. The van der Waals surface area contributed by atoms with Crippen LogP contribution in [-0.2, 0) is 10.0 Å². The van der Waals surface area contributed by atoms with Crippen molar-refractivity contribution in [2.75, 3.05) is 6.54 Å². The number of hydrogen-bond acceptors (Lipinski definition) is 4. The van der Waals surface area contributed by atoms with E-state index in [4.69, 9.17) is 5.73 Å². The third-order valence-corrected chi connectivity index (χ3v) is 3.72. The zero-order chi connectivity index (χ0) is 12.2. The van der Waals surface area contributed by atoms with Gasteiger partial charge in [-0.15, -0.1) is 0 Å². The highest BCUT2D eigenvalue weighted by atomic mass is 32.2. The summed E-state index contributed by atoms with van der Waals surface area (Å²) in [6.07, 6.45) is 2.84. The minimum Gasteiger partial charge on any atom is -0.326 e. The summed E-state index contributed by atoms with van der Waals surface area (Å²) < 4.78 is 26.0. The van der Waals surface area contributed by atoms with Crippen molar-refractivity contribution >= 4 is 10.0 Å². The maximum atomic E-state index is 11.8. The van der Waals surface area contributed by atoms with E-state index in [0.717, 1.165) is 0 Å². The van der Waals surface area contributed by atoms with Crippen LogP contribution in [0.1, 0.15) is 13.8 Å². The topological polar surface area (TPSA) is 85.1 Å². The highest BCUT2D eigenvalue weighted by Gasteiger charge is 2.16. The molecule has 0 aromatic carbocycles. The van der Waals surface area contributed by atoms with Gasteiger partial charge in [0, 0.05) is 25.0 Å². The molecule has 0 saturated heterocycles. The first-order chi connectivity index (χ1) is 7.43. The molecule has 0 spiro atoms. The number of nitrogens with zero attached hydrogens (tertiary/aromatic N) is 1. The molecule has 6 heteroatoms. The van der Waals surface area contributed by atoms with E-state index in [-0.39, 0.29) is 23.4 Å². The number of nitrogens with one attached hydrogen (secondary N) is 1. The van der Waals surface area contributed by atoms with Crippen LogP contribution in [0.4, 0.5) is 0 Å². The molecule has 1 aromatic heterocycles. The van der Waals surface area contributed by atoms with Gasteiger partial charge in [0.05, 0.1) is 0 Å². The first kappa shape index (κ1) is 13.1. The van der Waals surface area contributed by atoms with E-state index < -0.39 is 10.0 Å². The lowest BCUT2D eigenvalue weighted by atomic mass is 10.1. The van der Waals surface area contributed by atoms with Crippen LogP contribution in [0, 0.1) is 5.92 Å². The maximum Gasteiger partial charge on any atom is 0.242 e. The zero-order valence-electron chi connectivity index (χ0n) is 9.42. The Morgan fingerprint density at radius 2 is 2.19 bits per heavy atom. The Bertz CT molecular complexity index is 417. The lowest BCUT2D eigenvalue weighted by Crippen LogP contribution is -2.40. The van der Waals surface area contributed by atoms with Crippen molar-refractivity contribution in [3.05, 3.63) is 24.5 Å². The molecule has 0 aliphatic heterocycles. The number of aromatic nitrogens is 1. The summed E-state index contributed by atoms with van der Waals surface area (Å²) in [4.78, 5) is 3.92. The van der Waals surface area contributed by atoms with Crippen LogP contribution in [0.5, 0.6) is 0 Å². The van der Waals surface area contributed by atoms with E-state index in [9.17, 15) is 8.42 Å². The summed E-state index contributed by atoms with van der Waals surface area (Å²) in [5, 5.41) is 0. The zero-order valence-corrected chi connectivity index (χ0v) is 10.2. The fourth-order valence-corrected chi connectivity index (χ4v) is 2.07. The second-order valence-corrected chi connectivity index (χ2v) is 5.72. The van der Waals surface area contributed by atoms with Crippen LogP contribution < -0.4 is 10.5 Å². The van der Waals surface area contributed by atoms with Crippen molar-refractivity contribution < 1.29 is 8.42 Å². The molecule has 1 heterocycles. The van der Waals surface area contributed by atoms with Crippen molar-refractivity contribution in [1.82, 2.24) is 9.71 Å². The smallest absolute Gasteiger partial charge is 0.242 e. The van der Waals surface area contributed by atoms with E-state index >= 15 is 0 Å². The number of sulfonamides is 1. The Balaban J connectivity index is 2.67. The monoisotopic (exact) mass is 243 g/mol. The Labute approximate surface area is 96.1 Å². The quantitative estimate of drug-likeness (QED) is 0.781. The Kier molecular flexibility index (Phi) is 4.40. The minimum atomic E-state index is -3.48. The largest absolute Gasteiger partial charge is 0.326 e. The molecule has 0 bridgehead atoms. The lowest BCUT2D eigenvalue weighted by molar-refractivity contribution is 0.481. The van der Waals surface area contributed by atoms with Gasteiger partial charge in [0.1, 0.15) is 4.90 Å². The van der Waals surface area contributed by atoms with Crippen molar-refractivity contribution in [3.63, 3.8) is 0 Å². The van der Waals surface area contributed by atoms with E-state index in [1.54, 1.807) is 6.07 Å². The number of hydrogen-bond donors (Lipinski definition) is 2. The summed E-state index contributed by atoms with van der Waals surface area (Å²) in [7, 11) is -3.48. The maximum absolute atomic E-state index is 11.8. The average Bonchev–Trinajstić information content (AvgIpc) is 2.27. The number of nitrogens with two attached hydrogens (primary N) is 1. The fourth-order valence-electron chi connectivity index (χ4n) is 1.03. The van der Waals surface area contributed by atoms with Crippen LogP contribution in [0.25, 0.3) is 0 Å². The van der Waals surface area contributed by atoms with Gasteiger partial charge in [0.2, 0.25) is 10.0 Å². The summed E-state index contributed by atoms with van der Waals surface area (Å²) in [5.41, 5.74) is 5.76. The molecule has 3 N–H and O–H groups in total. The van der Waals surface area contributed by atoms with Gasteiger partial charge in [-0.05, 0) is 18.1 Å². The van der Waals surface area contributed by atoms with E-state index in [1.165, 1.54) is 18.5 Å². The summed E-state index contributed by atoms with van der Waals surface area (Å²) >= 11 is 0. The molecular formula is C10H17N3O2S. The van der Waals surface area contributed by atoms with Gasteiger partial charge in [-0.25, -0.2) is 13.1 Å². The molecule has 0 amide bonds. The van der Waals surface area contributed by atoms with Crippen molar-refractivity contribution in [2.45, 2.75) is 24.8 Å². The fraction of sp³-hybridized carbons (Fsp3) is 0.500. The van der Waals surface area contributed by atoms with Crippen LogP contribution in [-0.4, -0.2) is 26.0 Å². The molecule has 90 valence electrons. The predicted molar refractivity (Wildman–Crippen MR) is 62.2 cm³/mol. The summed E-state index contributed by atoms with van der Waals surface area (Å²) in [5.74, 6) is 0.233. The Hall–Kier alpha value is -0.980. The van der Waals surface area contributed by atoms with Gasteiger partial charge in [0.15, 0.2) is 0 Å². The normalized spacial score (nSPS) is 14.0. The molecule has 0 saturated carbocycles. The van der Waals surface area contributed by atoms with Gasteiger partial charge in [0.25, 0.3) is 0 Å². The molecule has 1 aromatic rings. The Morgan fingerprint density at radius 1 is 1.50 bits per heavy atom. The molecule has 0 radical (unpaired) electrons. The van der Waals surface area contributed by atoms with Crippen LogP contribution in [0.15, 0.2) is 29.4 Å².